The molecule has 0 aromatic heterocycles. The van der Waals surface area contributed by atoms with Crippen molar-refractivity contribution in [3.63, 3.8) is 0 Å². The molecule has 0 unspecified atom stereocenters. The zero-order valence-corrected chi connectivity index (χ0v) is 10.0. The van der Waals surface area contributed by atoms with E-state index in [4.69, 9.17) is 29.5 Å². The van der Waals surface area contributed by atoms with Crippen LogP contribution in [0.25, 0.3) is 0 Å². The molecule has 100 valence electrons. The SMILES string of the molecule is CC(C)(CO)CO.N.N.N.O=P(O)(O)O. The van der Waals surface area contributed by atoms with Crippen molar-refractivity contribution in [1.82, 2.24) is 18.5 Å². The molecular weight excluding hydrogens is 229 g/mol. The predicted molar refractivity (Wildman–Crippen MR) is 57.3 cm³/mol. The van der Waals surface area contributed by atoms with Crippen LogP contribution in [0, 0.1) is 5.41 Å². The van der Waals surface area contributed by atoms with Crippen molar-refractivity contribution in [2.24, 2.45) is 5.41 Å². The summed E-state index contributed by atoms with van der Waals surface area (Å²) in [5.41, 5.74) is -0.306. The first kappa shape index (κ1) is 29.4. The Morgan fingerprint density at radius 3 is 1.07 bits per heavy atom. The summed E-state index contributed by atoms with van der Waals surface area (Å²) in [5, 5.41) is 16.9. The molecule has 15 heavy (non-hydrogen) atoms. The maximum atomic E-state index is 8.88. The maximum absolute atomic E-state index is 8.88. The molecular formula is C5H24N3O6P. The number of phosphoric acid groups is 1. The van der Waals surface area contributed by atoms with Crippen molar-refractivity contribution in [2.45, 2.75) is 13.8 Å². The summed E-state index contributed by atoms with van der Waals surface area (Å²) in [7, 11) is -4.64. The third-order valence-electron chi connectivity index (χ3n) is 0.856. The Morgan fingerprint density at radius 2 is 1.07 bits per heavy atom. The molecule has 0 fully saturated rings. The minimum Gasteiger partial charge on any atom is -0.396 e. The van der Waals surface area contributed by atoms with Crippen LogP contribution in [0.2, 0.25) is 0 Å². The molecule has 0 saturated heterocycles. The Morgan fingerprint density at radius 1 is 0.933 bits per heavy atom. The number of aliphatic hydroxyl groups excluding tert-OH is 2. The highest BCUT2D eigenvalue weighted by Gasteiger charge is 2.13. The van der Waals surface area contributed by atoms with E-state index in [0.717, 1.165) is 0 Å². The van der Waals surface area contributed by atoms with Crippen LogP contribution in [0.1, 0.15) is 13.8 Å². The molecule has 0 aliphatic rings. The van der Waals surface area contributed by atoms with E-state index in [1.54, 1.807) is 13.8 Å². The molecule has 10 heteroatoms. The van der Waals surface area contributed by atoms with Crippen LogP contribution in [0.5, 0.6) is 0 Å². The van der Waals surface area contributed by atoms with E-state index in [0.29, 0.717) is 0 Å². The molecule has 0 saturated carbocycles. The van der Waals surface area contributed by atoms with Gasteiger partial charge in [0.05, 0.1) is 13.2 Å². The van der Waals surface area contributed by atoms with E-state index in [1.165, 1.54) is 0 Å². The van der Waals surface area contributed by atoms with E-state index in [9.17, 15) is 0 Å². The Labute approximate surface area is 89.1 Å². The van der Waals surface area contributed by atoms with Crippen LogP contribution < -0.4 is 18.5 Å². The van der Waals surface area contributed by atoms with Crippen molar-refractivity contribution < 1.29 is 29.5 Å². The lowest BCUT2D eigenvalue weighted by atomic mass is 9.97. The van der Waals surface area contributed by atoms with Gasteiger partial charge >= 0.3 is 7.82 Å². The lowest BCUT2D eigenvalue weighted by molar-refractivity contribution is 0.0857. The van der Waals surface area contributed by atoms with Gasteiger partial charge in [-0.25, -0.2) is 4.57 Å². The lowest BCUT2D eigenvalue weighted by Gasteiger charge is -2.16. The second-order valence-corrected chi connectivity index (χ2v) is 4.02. The number of hydrogen-bond donors (Lipinski definition) is 8. The molecule has 0 aliphatic heterocycles. The molecule has 9 nitrogen and oxygen atoms in total. The standard InChI is InChI=1S/C5H12O2.3H3N.H3O4P/c1-5(2,3-6)4-7;;;;1-5(2,3)4/h6-7H,3-4H2,1-2H3;3*1H3;(H3,1,2,3,4). The molecule has 0 bridgehead atoms. The Hall–Kier alpha value is -0.0900. The predicted octanol–water partition coefficient (Wildman–Crippen LogP) is -0.445. The third kappa shape index (κ3) is 56.5. The maximum Gasteiger partial charge on any atom is 0.466 e. The van der Waals surface area contributed by atoms with Crippen LogP contribution >= 0.6 is 7.82 Å². The quantitative estimate of drug-likeness (QED) is 0.298. The fourth-order valence-electron chi connectivity index (χ4n) is 0.0500. The largest absolute Gasteiger partial charge is 0.466 e. The van der Waals surface area contributed by atoms with Gasteiger partial charge in [-0.05, 0) is 0 Å². The Kier molecular flexibility index (Phi) is 23.5. The fraction of sp³-hybridized carbons (Fsp3) is 1.00. The molecule has 0 aromatic rings. The van der Waals surface area contributed by atoms with Gasteiger partial charge in [0.2, 0.25) is 0 Å². The molecule has 14 N–H and O–H groups in total. The van der Waals surface area contributed by atoms with E-state index in [-0.39, 0.29) is 37.1 Å². The summed E-state index contributed by atoms with van der Waals surface area (Å²) in [6, 6.07) is 0. The zero-order valence-electron chi connectivity index (χ0n) is 9.13. The summed E-state index contributed by atoms with van der Waals surface area (Å²) in [6.45, 7) is 3.69. The zero-order chi connectivity index (χ0) is 10.4. The average molecular weight is 253 g/mol. The second kappa shape index (κ2) is 12.0. The first-order valence-electron chi connectivity index (χ1n) is 3.12. The van der Waals surface area contributed by atoms with Gasteiger partial charge in [0.25, 0.3) is 0 Å². The first-order valence-corrected chi connectivity index (χ1v) is 4.69. The van der Waals surface area contributed by atoms with E-state index < -0.39 is 7.82 Å². The lowest BCUT2D eigenvalue weighted by Crippen LogP contribution is -2.20. The highest BCUT2D eigenvalue weighted by atomic mass is 31.2. The van der Waals surface area contributed by atoms with Crippen molar-refractivity contribution in [3.8, 4) is 0 Å². The normalized spacial score (nSPS) is 9.53. The van der Waals surface area contributed by atoms with Gasteiger partial charge in [-0.15, -0.1) is 0 Å². The van der Waals surface area contributed by atoms with Crippen LogP contribution in [0.3, 0.4) is 0 Å². The van der Waals surface area contributed by atoms with Gasteiger partial charge in [0.15, 0.2) is 0 Å². The van der Waals surface area contributed by atoms with Gasteiger partial charge in [0, 0.05) is 5.41 Å². The van der Waals surface area contributed by atoms with Crippen molar-refractivity contribution in [2.75, 3.05) is 13.2 Å². The van der Waals surface area contributed by atoms with Gasteiger partial charge < -0.3 is 43.3 Å². The number of aliphatic hydroxyl groups is 2. The molecule has 0 amide bonds. The van der Waals surface area contributed by atoms with Gasteiger partial charge in [-0.1, -0.05) is 13.8 Å². The Bertz CT molecular complexity index is 147. The summed E-state index contributed by atoms with van der Waals surface area (Å²) >= 11 is 0. The molecule has 0 atom stereocenters. The minimum absolute atomic E-state index is 0. The molecule has 0 radical (unpaired) electrons. The van der Waals surface area contributed by atoms with Gasteiger partial charge in [-0.2, -0.15) is 0 Å². The first-order chi connectivity index (χ1) is 5.12. The van der Waals surface area contributed by atoms with Crippen molar-refractivity contribution >= 4 is 7.82 Å². The topological polar surface area (TPSA) is 223 Å². The summed E-state index contributed by atoms with van der Waals surface area (Å²) < 4.78 is 8.88. The third-order valence-corrected chi connectivity index (χ3v) is 0.856. The summed E-state index contributed by atoms with van der Waals surface area (Å²) in [5.74, 6) is 0. The number of hydrogen-bond acceptors (Lipinski definition) is 6. The van der Waals surface area contributed by atoms with Crippen LogP contribution in [0.4, 0.5) is 0 Å². The van der Waals surface area contributed by atoms with Gasteiger partial charge in [-0.3, -0.25) is 0 Å². The van der Waals surface area contributed by atoms with Gasteiger partial charge in [0.1, 0.15) is 0 Å². The average Bonchev–Trinajstić information content (AvgIpc) is 1.85. The number of rotatable bonds is 2. The van der Waals surface area contributed by atoms with E-state index in [2.05, 4.69) is 0 Å². The fourth-order valence-corrected chi connectivity index (χ4v) is 0.0500. The summed E-state index contributed by atoms with van der Waals surface area (Å²) in [6.07, 6.45) is 0. The van der Waals surface area contributed by atoms with E-state index in [1.807, 2.05) is 0 Å². The molecule has 0 spiro atoms. The smallest absolute Gasteiger partial charge is 0.396 e. The summed E-state index contributed by atoms with van der Waals surface area (Å²) in [4.78, 5) is 21.6. The van der Waals surface area contributed by atoms with Crippen molar-refractivity contribution in [3.05, 3.63) is 0 Å². The molecule has 0 heterocycles. The molecule has 0 rings (SSSR count). The van der Waals surface area contributed by atoms with Crippen LogP contribution in [-0.4, -0.2) is 38.1 Å². The molecule has 0 aromatic carbocycles. The second-order valence-electron chi connectivity index (χ2n) is 2.99. The van der Waals surface area contributed by atoms with Crippen LogP contribution in [0.15, 0.2) is 0 Å². The Balaban J connectivity index is -0.0000000383. The van der Waals surface area contributed by atoms with Crippen LogP contribution in [-0.2, 0) is 4.57 Å². The molecule has 0 aliphatic carbocycles. The highest BCUT2D eigenvalue weighted by molar-refractivity contribution is 7.45. The monoisotopic (exact) mass is 253 g/mol. The highest BCUT2D eigenvalue weighted by Crippen LogP contribution is 2.25. The minimum atomic E-state index is -4.64. The van der Waals surface area contributed by atoms with Crippen molar-refractivity contribution in [1.29, 1.82) is 0 Å². The van der Waals surface area contributed by atoms with E-state index >= 15 is 0 Å².